The van der Waals surface area contributed by atoms with Crippen LogP contribution in [-0.2, 0) is 0 Å². The van der Waals surface area contributed by atoms with Gasteiger partial charge in [0, 0.05) is 34.5 Å². The molecule has 0 aliphatic heterocycles. The monoisotopic (exact) mass is 382 g/mol. The van der Waals surface area contributed by atoms with Gasteiger partial charge < -0.3 is 9.13 Å². The number of hydrazone groups is 1. The summed E-state index contributed by atoms with van der Waals surface area (Å²) in [7, 11) is 0. The molecule has 0 unspecified atom stereocenters. The van der Waals surface area contributed by atoms with Gasteiger partial charge in [-0.15, -0.1) is 0 Å². The zero-order chi connectivity index (χ0) is 20.2. The Hall–Kier alpha value is -3.86. The summed E-state index contributed by atoms with van der Waals surface area (Å²) in [4.78, 5) is 12.4. The van der Waals surface area contributed by atoms with Crippen LogP contribution in [0.4, 0.5) is 0 Å². The van der Waals surface area contributed by atoms with Crippen LogP contribution < -0.4 is 5.43 Å². The summed E-state index contributed by atoms with van der Waals surface area (Å²) in [6, 6.07) is 25.5. The van der Waals surface area contributed by atoms with E-state index in [-0.39, 0.29) is 5.91 Å². The molecule has 0 bridgehead atoms. The number of carbonyl (C=O) groups is 1. The molecule has 0 aliphatic carbocycles. The number of aromatic nitrogens is 2. The molecular weight excluding hydrogens is 360 g/mol. The van der Waals surface area contributed by atoms with Gasteiger partial charge in [-0.05, 0) is 74.5 Å². The number of rotatable bonds is 5. The molecule has 0 radical (unpaired) electrons. The van der Waals surface area contributed by atoms with Crippen molar-refractivity contribution in [2.75, 3.05) is 0 Å². The zero-order valence-electron chi connectivity index (χ0n) is 16.4. The van der Waals surface area contributed by atoms with Crippen molar-refractivity contribution in [1.29, 1.82) is 0 Å². The molecule has 29 heavy (non-hydrogen) atoms. The molecule has 0 fully saturated rings. The van der Waals surface area contributed by atoms with E-state index in [4.69, 9.17) is 0 Å². The molecule has 2 aromatic heterocycles. The predicted octanol–water partition coefficient (Wildman–Crippen LogP) is 4.65. The number of nitrogens with zero attached hydrogens (tertiary/aromatic N) is 3. The summed E-state index contributed by atoms with van der Waals surface area (Å²) in [5, 5.41) is 4.13. The molecule has 1 N–H and O–H groups in total. The van der Waals surface area contributed by atoms with Gasteiger partial charge in [0.05, 0.1) is 11.9 Å². The Kier molecular flexibility index (Phi) is 5.12. The highest BCUT2D eigenvalue weighted by Gasteiger charge is 2.07. The van der Waals surface area contributed by atoms with Gasteiger partial charge in [-0.3, -0.25) is 4.79 Å². The van der Waals surface area contributed by atoms with Crippen molar-refractivity contribution in [3.8, 4) is 11.4 Å². The summed E-state index contributed by atoms with van der Waals surface area (Å²) in [6.07, 6.45) is 3.61. The second-order valence-electron chi connectivity index (χ2n) is 6.84. The van der Waals surface area contributed by atoms with Crippen molar-refractivity contribution in [3.05, 3.63) is 108 Å². The van der Waals surface area contributed by atoms with Gasteiger partial charge in [-0.1, -0.05) is 18.2 Å². The number of benzene rings is 2. The molecule has 0 saturated carbocycles. The lowest BCUT2D eigenvalue weighted by Gasteiger charge is -2.10. The molecule has 0 spiro atoms. The lowest BCUT2D eigenvalue weighted by Crippen LogP contribution is -2.18. The fourth-order valence-corrected chi connectivity index (χ4v) is 3.38. The highest BCUT2D eigenvalue weighted by Crippen LogP contribution is 2.17. The maximum Gasteiger partial charge on any atom is 0.271 e. The first-order valence-electron chi connectivity index (χ1n) is 9.45. The number of hydrogen-bond donors (Lipinski definition) is 1. The Morgan fingerprint density at radius 3 is 2.21 bits per heavy atom. The zero-order valence-corrected chi connectivity index (χ0v) is 16.4. The maximum atomic E-state index is 12.4. The quantitative estimate of drug-likeness (QED) is 0.396. The van der Waals surface area contributed by atoms with Crippen LogP contribution >= 0.6 is 0 Å². The Morgan fingerprint density at radius 1 is 0.828 bits per heavy atom. The van der Waals surface area contributed by atoms with E-state index in [0.29, 0.717) is 5.56 Å². The summed E-state index contributed by atoms with van der Waals surface area (Å²) in [5.74, 6) is -0.244. The molecule has 2 heterocycles. The third-order valence-electron chi connectivity index (χ3n) is 4.84. The van der Waals surface area contributed by atoms with Gasteiger partial charge in [0.15, 0.2) is 0 Å². The lowest BCUT2D eigenvalue weighted by molar-refractivity contribution is 0.0955. The van der Waals surface area contributed by atoms with E-state index in [1.165, 1.54) is 0 Å². The minimum Gasteiger partial charge on any atom is -0.319 e. The average molecular weight is 382 g/mol. The first-order valence-corrected chi connectivity index (χ1v) is 9.45. The van der Waals surface area contributed by atoms with Crippen LogP contribution in [0.3, 0.4) is 0 Å². The van der Waals surface area contributed by atoms with Crippen LogP contribution in [0.15, 0.2) is 90.2 Å². The van der Waals surface area contributed by atoms with Gasteiger partial charge in [-0.2, -0.15) is 5.10 Å². The van der Waals surface area contributed by atoms with E-state index < -0.39 is 0 Å². The normalized spacial score (nSPS) is 11.1. The molecular formula is C24H22N4O. The Morgan fingerprint density at radius 2 is 1.52 bits per heavy atom. The number of amides is 1. The van der Waals surface area contributed by atoms with E-state index in [1.807, 2.05) is 77.5 Å². The number of para-hydroxylation sites is 1. The standard InChI is InChI=1S/C24H22N4O/c1-18-10-11-19(2)28(18)22-14-12-20(13-15-22)24(29)26-25-17-23-9-6-16-27(23)21-7-4-3-5-8-21/h3-17H,1-2H3,(H,26,29)/b25-17-. The predicted molar refractivity (Wildman–Crippen MR) is 116 cm³/mol. The van der Waals surface area contributed by atoms with E-state index in [9.17, 15) is 4.79 Å². The number of carbonyl (C=O) groups excluding carboxylic acids is 1. The van der Waals surface area contributed by atoms with Crippen molar-refractivity contribution in [2.45, 2.75) is 13.8 Å². The van der Waals surface area contributed by atoms with Crippen LogP contribution in [0, 0.1) is 13.8 Å². The lowest BCUT2D eigenvalue weighted by atomic mass is 10.2. The van der Waals surface area contributed by atoms with Crippen molar-refractivity contribution in [1.82, 2.24) is 14.6 Å². The van der Waals surface area contributed by atoms with Crippen LogP contribution in [0.2, 0.25) is 0 Å². The van der Waals surface area contributed by atoms with Gasteiger partial charge in [0.1, 0.15) is 0 Å². The SMILES string of the molecule is Cc1ccc(C)n1-c1ccc(C(=O)N/N=C\c2cccn2-c2ccccc2)cc1. The van der Waals surface area contributed by atoms with E-state index in [0.717, 1.165) is 28.5 Å². The van der Waals surface area contributed by atoms with Crippen molar-refractivity contribution in [3.63, 3.8) is 0 Å². The summed E-state index contributed by atoms with van der Waals surface area (Å²) < 4.78 is 4.16. The molecule has 2 aromatic carbocycles. The van der Waals surface area contributed by atoms with Crippen molar-refractivity contribution in [2.24, 2.45) is 5.10 Å². The topological polar surface area (TPSA) is 51.3 Å². The molecule has 5 heteroatoms. The Bertz CT molecular complexity index is 1130. The third kappa shape index (κ3) is 3.89. The first kappa shape index (κ1) is 18.5. The van der Waals surface area contributed by atoms with E-state index in [1.54, 1.807) is 6.21 Å². The van der Waals surface area contributed by atoms with Crippen molar-refractivity contribution < 1.29 is 4.79 Å². The minimum atomic E-state index is -0.244. The minimum absolute atomic E-state index is 0.244. The second-order valence-corrected chi connectivity index (χ2v) is 6.84. The number of hydrogen-bond acceptors (Lipinski definition) is 2. The molecule has 4 rings (SSSR count). The Labute approximate surface area is 169 Å². The van der Waals surface area contributed by atoms with Gasteiger partial charge in [0.25, 0.3) is 5.91 Å². The number of aryl methyl sites for hydroxylation is 2. The summed E-state index contributed by atoms with van der Waals surface area (Å²) in [5.41, 5.74) is 8.43. The smallest absolute Gasteiger partial charge is 0.271 e. The fraction of sp³-hybridized carbons (Fsp3) is 0.0833. The van der Waals surface area contributed by atoms with Crippen molar-refractivity contribution >= 4 is 12.1 Å². The molecule has 5 nitrogen and oxygen atoms in total. The first-order chi connectivity index (χ1) is 14.1. The van der Waals surface area contributed by atoms with E-state index >= 15 is 0 Å². The largest absolute Gasteiger partial charge is 0.319 e. The Balaban J connectivity index is 1.45. The molecule has 0 atom stereocenters. The van der Waals surface area contributed by atoms with Crippen LogP contribution in [0.25, 0.3) is 11.4 Å². The van der Waals surface area contributed by atoms with Gasteiger partial charge in [-0.25, -0.2) is 5.43 Å². The van der Waals surface area contributed by atoms with Gasteiger partial charge >= 0.3 is 0 Å². The maximum absolute atomic E-state index is 12.4. The highest BCUT2D eigenvalue weighted by atomic mass is 16.2. The molecule has 1 amide bonds. The molecule has 144 valence electrons. The average Bonchev–Trinajstić information content (AvgIpc) is 3.35. The summed E-state index contributed by atoms with van der Waals surface area (Å²) >= 11 is 0. The van der Waals surface area contributed by atoms with Gasteiger partial charge in [0.2, 0.25) is 0 Å². The molecule has 0 aliphatic rings. The summed E-state index contributed by atoms with van der Waals surface area (Å²) in [6.45, 7) is 4.13. The fourth-order valence-electron chi connectivity index (χ4n) is 3.38. The highest BCUT2D eigenvalue weighted by molar-refractivity contribution is 5.95. The van der Waals surface area contributed by atoms with Crippen LogP contribution in [-0.4, -0.2) is 21.3 Å². The van der Waals surface area contributed by atoms with E-state index in [2.05, 4.69) is 41.1 Å². The van der Waals surface area contributed by atoms with Crippen LogP contribution in [0.1, 0.15) is 27.4 Å². The number of nitrogens with one attached hydrogen (secondary N) is 1. The molecule has 4 aromatic rings. The third-order valence-corrected chi connectivity index (χ3v) is 4.84. The molecule has 0 saturated heterocycles. The second kappa shape index (κ2) is 8.02. The van der Waals surface area contributed by atoms with Crippen LogP contribution in [0.5, 0.6) is 0 Å².